The minimum Gasteiger partial charge on any atom is -0.504 e. The number of aliphatic hydroxyl groups excluding tert-OH is 6. The maximum atomic E-state index is 13.8. The minimum atomic E-state index is -1.83. The van der Waals surface area contributed by atoms with Crippen LogP contribution in [0.15, 0.2) is 33.7 Å². The number of phenolic OH excluding ortho intramolecular Hbond substituents is 1. The van der Waals surface area contributed by atoms with Gasteiger partial charge in [0.15, 0.2) is 29.3 Å². The summed E-state index contributed by atoms with van der Waals surface area (Å²) in [7, 11) is 5.45. The summed E-state index contributed by atoms with van der Waals surface area (Å²) in [5.74, 6) is -0.400. The van der Waals surface area contributed by atoms with Gasteiger partial charge in [0.05, 0.1) is 46.7 Å². The molecule has 0 bridgehead atoms. The predicted molar refractivity (Wildman–Crippen MR) is 161 cm³/mol. The van der Waals surface area contributed by atoms with Crippen LogP contribution in [-0.4, -0.2) is 132 Å². The molecule has 3 heterocycles. The Morgan fingerprint density at radius 1 is 0.688 bits per heavy atom. The smallest absolute Gasteiger partial charge is 0.229 e. The van der Waals surface area contributed by atoms with Gasteiger partial charge in [-0.05, 0) is 13.0 Å². The van der Waals surface area contributed by atoms with Gasteiger partial charge in [-0.2, -0.15) is 0 Å². The summed E-state index contributed by atoms with van der Waals surface area (Å²) >= 11 is 0. The fourth-order valence-electron chi connectivity index (χ4n) is 5.55. The van der Waals surface area contributed by atoms with E-state index in [4.69, 9.17) is 42.3 Å². The van der Waals surface area contributed by atoms with E-state index in [1.807, 2.05) is 0 Å². The van der Waals surface area contributed by atoms with Gasteiger partial charge in [0.2, 0.25) is 17.5 Å². The summed E-state index contributed by atoms with van der Waals surface area (Å²) in [6.07, 6.45) is -14.2. The molecule has 0 saturated carbocycles. The standard InChI is InChI=1S/C31H38O17/c1-11-21(32)25(36)27(38)30(46-11)45-10-19-23(34)26(37)28(39)31(48-19)47-18-8-17-20(24(35)29(18)43-5)22(33)13(9-44-17)12-6-15(41-3)16(42-4)7-14(12)40-2/h6-9,11,19,21,23,25-28,30-32,34-39H,10H2,1-5H3/t11-,19+,21-,23+,25+,26-,27+,28+,30+,31+/m0/s1. The molecule has 264 valence electrons. The number of hydrogen-bond acceptors (Lipinski definition) is 17. The van der Waals surface area contributed by atoms with E-state index in [9.17, 15) is 40.5 Å². The lowest BCUT2D eigenvalue weighted by Gasteiger charge is -2.42. The van der Waals surface area contributed by atoms with Crippen molar-refractivity contribution >= 4 is 11.0 Å². The fraction of sp³-hybridized carbons (Fsp3) is 0.516. The molecule has 0 radical (unpaired) electrons. The van der Waals surface area contributed by atoms with Crippen molar-refractivity contribution in [2.45, 2.75) is 68.3 Å². The number of ether oxygens (including phenoxy) is 8. The molecule has 2 saturated heterocycles. The molecule has 17 nitrogen and oxygen atoms in total. The SMILES string of the molecule is COc1cc(OC)c(-c2coc3cc(O[C@@H]4O[C@H](CO[C@@H]5O[C@@H](C)[C@H](O)[C@@H](O)[C@H]5O)[C@@H](O)[C@H](O)[C@H]4O)c(OC)c(O)c3c2=O)cc1OC. The zero-order chi connectivity index (χ0) is 35.0. The van der Waals surface area contributed by atoms with Crippen molar-refractivity contribution < 1.29 is 78.1 Å². The van der Waals surface area contributed by atoms with Gasteiger partial charge in [-0.1, -0.05) is 0 Å². The molecule has 0 spiro atoms. The van der Waals surface area contributed by atoms with E-state index >= 15 is 0 Å². The Labute approximate surface area is 272 Å². The van der Waals surface area contributed by atoms with Gasteiger partial charge in [-0.3, -0.25) is 4.79 Å². The molecule has 3 aromatic rings. The Kier molecular flexibility index (Phi) is 10.5. The van der Waals surface area contributed by atoms with Gasteiger partial charge in [0.25, 0.3) is 0 Å². The molecule has 17 heteroatoms. The lowest BCUT2D eigenvalue weighted by atomic mass is 9.98. The maximum Gasteiger partial charge on any atom is 0.229 e. The number of methoxy groups -OCH3 is 4. The second-order valence-corrected chi connectivity index (χ2v) is 11.2. The number of benzene rings is 2. The number of rotatable bonds is 10. The summed E-state index contributed by atoms with van der Waals surface area (Å²) in [6.45, 7) is 0.924. The Bertz CT molecular complexity index is 1660. The van der Waals surface area contributed by atoms with Crippen LogP contribution in [0.4, 0.5) is 0 Å². The first-order valence-electron chi connectivity index (χ1n) is 14.7. The van der Waals surface area contributed by atoms with Crippen molar-refractivity contribution in [3.8, 4) is 45.6 Å². The Morgan fingerprint density at radius 3 is 1.96 bits per heavy atom. The molecule has 2 aromatic carbocycles. The highest BCUT2D eigenvalue weighted by Crippen LogP contribution is 2.45. The van der Waals surface area contributed by atoms with Crippen molar-refractivity contribution in [2.24, 2.45) is 0 Å². The third-order valence-corrected chi connectivity index (χ3v) is 8.30. The average Bonchev–Trinajstić information content (AvgIpc) is 3.08. The number of aliphatic hydroxyl groups is 6. The summed E-state index contributed by atoms with van der Waals surface area (Å²) < 4.78 is 49.5. The van der Waals surface area contributed by atoms with E-state index in [2.05, 4.69) is 0 Å². The van der Waals surface area contributed by atoms with Crippen LogP contribution in [0.1, 0.15) is 6.92 Å². The first-order valence-corrected chi connectivity index (χ1v) is 14.7. The molecular formula is C31H38O17. The molecule has 2 aliphatic rings. The normalized spacial score (nSPS) is 30.6. The summed E-state index contributed by atoms with van der Waals surface area (Å²) in [5.41, 5.74) is -0.551. The zero-order valence-electron chi connectivity index (χ0n) is 26.5. The summed E-state index contributed by atoms with van der Waals surface area (Å²) in [6, 6.07) is 4.23. The van der Waals surface area contributed by atoms with Crippen LogP contribution in [0.3, 0.4) is 0 Å². The van der Waals surface area contributed by atoms with Crippen molar-refractivity contribution in [1.29, 1.82) is 0 Å². The average molecular weight is 683 g/mol. The highest BCUT2D eigenvalue weighted by Gasteiger charge is 2.47. The molecule has 48 heavy (non-hydrogen) atoms. The lowest BCUT2D eigenvalue weighted by molar-refractivity contribution is -0.318. The van der Waals surface area contributed by atoms with Gasteiger partial charge in [0.1, 0.15) is 65.7 Å². The minimum absolute atomic E-state index is 0.000739. The highest BCUT2D eigenvalue weighted by atomic mass is 16.7. The number of fused-ring (bicyclic) bond motifs is 1. The Hall–Kier alpha value is -3.91. The van der Waals surface area contributed by atoms with E-state index in [1.165, 1.54) is 53.6 Å². The molecule has 2 aliphatic heterocycles. The molecule has 0 aliphatic carbocycles. The van der Waals surface area contributed by atoms with Gasteiger partial charge in [-0.25, -0.2) is 0 Å². The number of phenols is 1. The van der Waals surface area contributed by atoms with E-state index in [0.29, 0.717) is 11.5 Å². The third-order valence-electron chi connectivity index (χ3n) is 8.30. The molecule has 7 N–H and O–H groups in total. The summed E-state index contributed by atoms with van der Waals surface area (Å²) in [4.78, 5) is 13.8. The zero-order valence-corrected chi connectivity index (χ0v) is 26.5. The topological polar surface area (TPSA) is 246 Å². The highest BCUT2D eigenvalue weighted by molar-refractivity contribution is 5.92. The first kappa shape index (κ1) is 35.4. The van der Waals surface area contributed by atoms with Gasteiger partial charge in [-0.15, -0.1) is 0 Å². The number of hydrogen-bond donors (Lipinski definition) is 7. The fourth-order valence-corrected chi connectivity index (χ4v) is 5.55. The Balaban J connectivity index is 1.44. The van der Waals surface area contributed by atoms with E-state index in [-0.39, 0.29) is 39.3 Å². The first-order chi connectivity index (χ1) is 22.9. The van der Waals surface area contributed by atoms with Crippen molar-refractivity contribution in [3.05, 3.63) is 34.7 Å². The van der Waals surface area contributed by atoms with Crippen molar-refractivity contribution in [1.82, 2.24) is 0 Å². The van der Waals surface area contributed by atoms with E-state index in [1.54, 1.807) is 0 Å². The van der Waals surface area contributed by atoms with E-state index in [0.717, 1.165) is 6.26 Å². The monoisotopic (exact) mass is 682 g/mol. The largest absolute Gasteiger partial charge is 0.504 e. The summed E-state index contributed by atoms with van der Waals surface area (Å²) in [5, 5.41) is 73.0. The Morgan fingerprint density at radius 2 is 1.31 bits per heavy atom. The second kappa shape index (κ2) is 14.3. The molecule has 5 rings (SSSR count). The molecular weight excluding hydrogens is 644 g/mol. The van der Waals surface area contributed by atoms with Crippen LogP contribution in [-0.2, 0) is 14.2 Å². The molecule has 10 atom stereocenters. The predicted octanol–water partition coefficient (Wildman–Crippen LogP) is -0.769. The third kappa shape index (κ3) is 6.31. The van der Waals surface area contributed by atoms with Crippen molar-refractivity contribution in [3.63, 3.8) is 0 Å². The van der Waals surface area contributed by atoms with Gasteiger partial charge < -0.3 is 78.1 Å². The van der Waals surface area contributed by atoms with Crippen LogP contribution in [0.25, 0.3) is 22.1 Å². The van der Waals surface area contributed by atoms with Crippen LogP contribution >= 0.6 is 0 Å². The van der Waals surface area contributed by atoms with Crippen LogP contribution in [0.5, 0.6) is 34.5 Å². The van der Waals surface area contributed by atoms with Crippen LogP contribution < -0.4 is 29.1 Å². The molecule has 1 aromatic heterocycles. The van der Waals surface area contributed by atoms with Crippen LogP contribution in [0, 0.1) is 0 Å². The molecule has 0 amide bonds. The van der Waals surface area contributed by atoms with Gasteiger partial charge in [0, 0.05) is 17.7 Å². The van der Waals surface area contributed by atoms with E-state index < -0.39 is 79.2 Å². The van der Waals surface area contributed by atoms with Gasteiger partial charge >= 0.3 is 0 Å². The lowest BCUT2D eigenvalue weighted by Crippen LogP contribution is -2.61. The van der Waals surface area contributed by atoms with Crippen LogP contribution in [0.2, 0.25) is 0 Å². The quantitative estimate of drug-likeness (QED) is 0.139. The number of aromatic hydroxyl groups is 1. The second-order valence-electron chi connectivity index (χ2n) is 11.2. The molecule has 2 fully saturated rings. The maximum absolute atomic E-state index is 13.8. The van der Waals surface area contributed by atoms with Crippen molar-refractivity contribution in [2.75, 3.05) is 35.0 Å². The molecule has 0 unspecified atom stereocenters.